The van der Waals surface area contributed by atoms with E-state index in [0.717, 1.165) is 65.9 Å². The average Bonchev–Trinajstić information content (AvgIpc) is 3.15. The maximum Gasteiger partial charge on any atom is 0.190 e. The minimum Gasteiger partial charge on any atom is -0.393 e. The second kappa shape index (κ2) is 9.89. The van der Waals surface area contributed by atoms with Crippen LogP contribution in [0.5, 0.6) is 0 Å². The number of hydrogen-bond acceptors (Lipinski definition) is 8. The van der Waals surface area contributed by atoms with E-state index in [-0.39, 0.29) is 6.10 Å². The summed E-state index contributed by atoms with van der Waals surface area (Å²) in [6.45, 7) is 8.51. The van der Waals surface area contributed by atoms with E-state index in [2.05, 4.69) is 58.4 Å². The highest BCUT2D eigenvalue weighted by Gasteiger charge is 2.20. The molecule has 166 valence electrons. The van der Waals surface area contributed by atoms with E-state index in [1.807, 2.05) is 12.1 Å². The van der Waals surface area contributed by atoms with Crippen molar-refractivity contribution < 1.29 is 5.11 Å². The summed E-state index contributed by atoms with van der Waals surface area (Å²) in [6, 6.07) is 8.96. The number of pyridine rings is 2. The Morgan fingerprint density at radius 2 is 1.94 bits per heavy atom. The molecule has 3 heterocycles. The zero-order valence-electron chi connectivity index (χ0n) is 18.5. The van der Waals surface area contributed by atoms with Crippen LogP contribution in [0.15, 0.2) is 30.5 Å². The fraction of sp³-hybridized carbons (Fsp3) is 0.522. The van der Waals surface area contributed by atoms with Gasteiger partial charge in [-0.1, -0.05) is 18.3 Å². The first-order chi connectivity index (χ1) is 15.0. The third-order valence-corrected chi connectivity index (χ3v) is 6.75. The van der Waals surface area contributed by atoms with Gasteiger partial charge in [0.05, 0.1) is 6.10 Å². The summed E-state index contributed by atoms with van der Waals surface area (Å²) in [5, 5.41) is 17.6. The number of aliphatic hydroxyl groups is 1. The molecule has 7 nitrogen and oxygen atoms in total. The summed E-state index contributed by atoms with van der Waals surface area (Å²) < 4.78 is 0. The molecule has 0 spiro atoms. The van der Waals surface area contributed by atoms with Crippen molar-refractivity contribution in [3.63, 3.8) is 0 Å². The van der Waals surface area contributed by atoms with Gasteiger partial charge in [0.25, 0.3) is 0 Å². The Bertz CT molecular complexity index is 966. The first kappa shape index (κ1) is 21.9. The molecule has 3 aromatic heterocycles. The largest absolute Gasteiger partial charge is 0.393 e. The molecule has 0 aromatic carbocycles. The number of fused-ring (bicyclic) bond motifs is 1. The number of nitrogens with zero attached hydrogens (tertiary/aromatic N) is 4. The minimum atomic E-state index is -0.161. The lowest BCUT2D eigenvalue weighted by atomic mass is 9.93. The highest BCUT2D eigenvalue weighted by Crippen LogP contribution is 2.28. The van der Waals surface area contributed by atoms with Gasteiger partial charge in [-0.3, -0.25) is 4.90 Å². The summed E-state index contributed by atoms with van der Waals surface area (Å²) in [5.41, 5.74) is 2.10. The van der Waals surface area contributed by atoms with Crippen molar-refractivity contribution >= 4 is 38.5 Å². The monoisotopic (exact) mass is 440 g/mol. The third-order valence-electron chi connectivity index (χ3n) is 5.86. The maximum atomic E-state index is 9.81. The maximum absolute atomic E-state index is 9.81. The van der Waals surface area contributed by atoms with Crippen molar-refractivity contribution in [1.82, 2.24) is 19.9 Å². The number of aromatic nitrogens is 3. The zero-order chi connectivity index (χ0) is 21.8. The Hall–Kier alpha value is -2.29. The number of anilines is 3. The lowest BCUT2D eigenvalue weighted by Crippen LogP contribution is -2.30. The SMILES string of the molecule is CCN(Cc1cc(Nc2nc3cccnc3s2)nc(NC2CCC(O)CC2)c1)C(C)C. The van der Waals surface area contributed by atoms with E-state index in [9.17, 15) is 5.11 Å². The van der Waals surface area contributed by atoms with Crippen molar-refractivity contribution in [1.29, 1.82) is 0 Å². The van der Waals surface area contributed by atoms with Gasteiger partial charge in [0, 0.05) is 24.8 Å². The lowest BCUT2D eigenvalue weighted by molar-refractivity contribution is 0.126. The van der Waals surface area contributed by atoms with E-state index in [0.29, 0.717) is 12.1 Å². The molecule has 1 saturated carbocycles. The van der Waals surface area contributed by atoms with Crippen LogP contribution in [0, 0.1) is 0 Å². The first-order valence-corrected chi connectivity index (χ1v) is 12.0. The van der Waals surface area contributed by atoms with Crippen LogP contribution < -0.4 is 10.6 Å². The summed E-state index contributed by atoms with van der Waals surface area (Å²) in [6.07, 6.45) is 5.25. The highest BCUT2D eigenvalue weighted by atomic mass is 32.1. The first-order valence-electron chi connectivity index (χ1n) is 11.2. The molecule has 4 rings (SSSR count). The van der Waals surface area contributed by atoms with Gasteiger partial charge in [-0.15, -0.1) is 0 Å². The smallest absolute Gasteiger partial charge is 0.190 e. The van der Waals surface area contributed by atoms with Gasteiger partial charge < -0.3 is 15.7 Å². The molecule has 0 atom stereocenters. The number of rotatable bonds is 8. The topological polar surface area (TPSA) is 86.2 Å². The molecule has 8 heteroatoms. The summed E-state index contributed by atoms with van der Waals surface area (Å²) in [4.78, 5) is 17.2. The second-order valence-corrected chi connectivity index (χ2v) is 9.50. The van der Waals surface area contributed by atoms with Crippen molar-refractivity contribution in [2.24, 2.45) is 0 Å². The summed E-state index contributed by atoms with van der Waals surface area (Å²) in [7, 11) is 0. The summed E-state index contributed by atoms with van der Waals surface area (Å²) in [5.74, 6) is 1.66. The number of thiazole rings is 1. The Morgan fingerprint density at radius 1 is 1.16 bits per heavy atom. The predicted molar refractivity (Wildman–Crippen MR) is 128 cm³/mol. The van der Waals surface area contributed by atoms with E-state index in [1.165, 1.54) is 16.9 Å². The van der Waals surface area contributed by atoms with Gasteiger partial charge >= 0.3 is 0 Å². The fourth-order valence-electron chi connectivity index (χ4n) is 4.07. The van der Waals surface area contributed by atoms with E-state index in [4.69, 9.17) is 4.98 Å². The third kappa shape index (κ3) is 5.70. The second-order valence-electron chi connectivity index (χ2n) is 8.52. The van der Waals surface area contributed by atoms with Gasteiger partial charge in [0.1, 0.15) is 22.0 Å². The molecule has 31 heavy (non-hydrogen) atoms. The van der Waals surface area contributed by atoms with Gasteiger partial charge in [0.2, 0.25) is 0 Å². The van der Waals surface area contributed by atoms with E-state index in [1.54, 1.807) is 6.20 Å². The Kier molecular flexibility index (Phi) is 6.99. The minimum absolute atomic E-state index is 0.161. The van der Waals surface area contributed by atoms with Crippen LogP contribution in [-0.2, 0) is 6.54 Å². The molecule has 0 bridgehead atoms. The number of aliphatic hydroxyl groups excluding tert-OH is 1. The molecule has 3 N–H and O–H groups in total. The Balaban J connectivity index is 1.58. The molecule has 0 amide bonds. The molecule has 1 aliphatic rings. The van der Waals surface area contributed by atoms with Crippen LogP contribution in [-0.4, -0.2) is 49.7 Å². The van der Waals surface area contributed by atoms with Crippen LogP contribution in [0.3, 0.4) is 0 Å². The molecular weight excluding hydrogens is 408 g/mol. The molecule has 0 saturated heterocycles. The van der Waals surface area contributed by atoms with Crippen LogP contribution in [0.25, 0.3) is 10.3 Å². The molecular formula is C23H32N6OS. The normalized spacial score (nSPS) is 19.3. The standard InChI is InChI=1S/C23H32N6OS/c1-4-29(15(2)3)14-16-12-20(25-17-7-9-18(30)10-8-17)27-21(13-16)28-23-26-19-6-5-11-24-22(19)31-23/h5-6,11-13,15,17-18,30H,4,7-10,14H2,1-3H3,(H2,25,26,27,28). The Labute approximate surface area is 187 Å². The fourth-order valence-corrected chi connectivity index (χ4v) is 4.89. The molecule has 1 aliphatic carbocycles. The molecule has 0 radical (unpaired) electrons. The van der Waals surface area contributed by atoms with Crippen LogP contribution in [0.1, 0.15) is 52.0 Å². The van der Waals surface area contributed by atoms with Crippen LogP contribution in [0.4, 0.5) is 16.8 Å². The highest BCUT2D eigenvalue weighted by molar-refractivity contribution is 7.21. The number of hydrogen-bond donors (Lipinski definition) is 3. The van der Waals surface area contributed by atoms with Crippen molar-refractivity contribution in [2.45, 2.75) is 71.2 Å². The lowest BCUT2D eigenvalue weighted by Gasteiger charge is -2.28. The summed E-state index contributed by atoms with van der Waals surface area (Å²) >= 11 is 1.53. The van der Waals surface area contributed by atoms with E-state index >= 15 is 0 Å². The Morgan fingerprint density at radius 3 is 2.65 bits per heavy atom. The van der Waals surface area contributed by atoms with Gasteiger partial charge in [0.15, 0.2) is 5.13 Å². The van der Waals surface area contributed by atoms with Crippen molar-refractivity contribution in [2.75, 3.05) is 17.2 Å². The molecule has 3 aromatic rings. The van der Waals surface area contributed by atoms with Crippen molar-refractivity contribution in [3.8, 4) is 0 Å². The van der Waals surface area contributed by atoms with Gasteiger partial charge in [-0.25, -0.2) is 15.0 Å². The van der Waals surface area contributed by atoms with Gasteiger partial charge in [-0.2, -0.15) is 0 Å². The van der Waals surface area contributed by atoms with Gasteiger partial charge in [-0.05, 0) is 75.9 Å². The van der Waals surface area contributed by atoms with Crippen molar-refractivity contribution in [3.05, 3.63) is 36.0 Å². The molecule has 0 aliphatic heterocycles. The quantitative estimate of drug-likeness (QED) is 0.465. The zero-order valence-corrected chi connectivity index (χ0v) is 19.3. The molecule has 1 fully saturated rings. The average molecular weight is 441 g/mol. The van der Waals surface area contributed by atoms with E-state index < -0.39 is 0 Å². The molecule has 0 unspecified atom stereocenters. The van der Waals surface area contributed by atoms with Crippen LogP contribution in [0.2, 0.25) is 0 Å². The number of nitrogens with one attached hydrogen (secondary N) is 2. The predicted octanol–water partition coefficient (Wildman–Crippen LogP) is 4.78. The van der Waals surface area contributed by atoms with Crippen LogP contribution >= 0.6 is 11.3 Å².